The lowest BCUT2D eigenvalue weighted by molar-refractivity contribution is 0.329. The fourth-order valence-electron chi connectivity index (χ4n) is 2.61. The van der Waals surface area contributed by atoms with Crippen LogP contribution in [0.3, 0.4) is 0 Å². The fraction of sp³-hybridized carbons (Fsp3) is 0.429. The Balaban J connectivity index is 1.62. The lowest BCUT2D eigenvalue weighted by atomic mass is 10.1. The van der Waals surface area contributed by atoms with Crippen LogP contribution in [0.1, 0.15) is 18.4 Å². The van der Waals surface area contributed by atoms with Gasteiger partial charge in [0.1, 0.15) is 16.5 Å². The molecule has 0 amide bonds. The predicted molar refractivity (Wildman–Crippen MR) is 90.4 cm³/mol. The molecule has 0 saturated carbocycles. The number of hydrogen-bond acceptors (Lipinski definition) is 7. The number of nitrogens with zero attached hydrogens (tertiary/aromatic N) is 6. The maximum atomic E-state index is 12.6. The van der Waals surface area contributed by atoms with Crippen molar-refractivity contribution < 1.29 is 8.42 Å². The lowest BCUT2D eigenvalue weighted by Crippen LogP contribution is -2.42. The van der Waals surface area contributed by atoms with Gasteiger partial charge in [-0.3, -0.25) is 4.68 Å². The molecule has 0 bridgehead atoms. The van der Waals surface area contributed by atoms with Gasteiger partial charge in [-0.2, -0.15) is 19.6 Å². The average Bonchev–Trinajstić information content (AvgIpc) is 3.03. The summed E-state index contributed by atoms with van der Waals surface area (Å²) in [7, 11) is -1.84. The van der Waals surface area contributed by atoms with Gasteiger partial charge in [-0.15, -0.1) is 0 Å². The Hall–Kier alpha value is -2.22. The molecule has 0 atom stereocenters. The average molecular weight is 382 g/mol. The van der Waals surface area contributed by atoms with Crippen LogP contribution in [0, 0.1) is 11.3 Å². The van der Waals surface area contributed by atoms with E-state index in [1.165, 1.54) is 27.6 Å². The second kappa shape index (κ2) is 6.95. The van der Waals surface area contributed by atoms with E-state index in [1.54, 1.807) is 7.05 Å². The zero-order valence-corrected chi connectivity index (χ0v) is 15.0. The molecule has 9 nitrogen and oxygen atoms in total. The minimum atomic E-state index is -3.52. The highest BCUT2D eigenvalue weighted by atomic mass is 35.5. The number of nitrogens with one attached hydrogen (secondary N) is 1. The Labute approximate surface area is 150 Å². The normalized spacial score (nSPS) is 16.5. The first kappa shape index (κ1) is 17.6. The van der Waals surface area contributed by atoms with E-state index < -0.39 is 10.0 Å². The van der Waals surface area contributed by atoms with Crippen molar-refractivity contribution in [3.63, 3.8) is 0 Å². The maximum Gasteiger partial charge on any atom is 0.246 e. The smallest absolute Gasteiger partial charge is 0.246 e. The molecule has 25 heavy (non-hydrogen) atoms. The summed E-state index contributed by atoms with van der Waals surface area (Å²) in [5.41, 5.74) is 0.213. The first-order chi connectivity index (χ1) is 11.9. The van der Waals surface area contributed by atoms with Crippen molar-refractivity contribution in [1.82, 2.24) is 24.1 Å². The van der Waals surface area contributed by atoms with Crippen LogP contribution in [-0.4, -0.2) is 51.6 Å². The molecule has 3 heterocycles. The first-order valence-electron chi connectivity index (χ1n) is 7.58. The van der Waals surface area contributed by atoms with E-state index in [1.807, 2.05) is 6.07 Å². The van der Waals surface area contributed by atoms with Crippen LogP contribution in [0.5, 0.6) is 0 Å². The molecule has 1 N–H and O–H groups in total. The standard InChI is InChI=1S/C14H16ClN7O2S/c1-21-9-12(8-18-21)25(23,24)22-4-2-11(3-5-22)19-14-17-7-10(6-16)13(15)20-14/h7-9,11H,2-5H2,1H3,(H,17,19,20). The number of aryl methyl sites for hydroxylation is 1. The molecule has 0 radical (unpaired) electrons. The van der Waals surface area contributed by atoms with E-state index >= 15 is 0 Å². The Kier molecular flexibility index (Phi) is 4.89. The molecule has 2 aromatic heterocycles. The van der Waals surface area contributed by atoms with Crippen LogP contribution in [0.25, 0.3) is 0 Å². The van der Waals surface area contributed by atoms with Crippen molar-refractivity contribution in [2.75, 3.05) is 18.4 Å². The zero-order valence-electron chi connectivity index (χ0n) is 13.4. The number of aromatic nitrogens is 4. The van der Waals surface area contributed by atoms with E-state index in [9.17, 15) is 8.42 Å². The molecule has 1 aliphatic rings. The third kappa shape index (κ3) is 3.73. The Morgan fingerprint density at radius 3 is 2.64 bits per heavy atom. The molecule has 0 unspecified atom stereocenters. The van der Waals surface area contributed by atoms with Gasteiger partial charge < -0.3 is 5.32 Å². The number of rotatable bonds is 4. The molecule has 1 aliphatic heterocycles. The summed E-state index contributed by atoms with van der Waals surface area (Å²) in [6.07, 6.45) is 5.43. The van der Waals surface area contributed by atoms with Gasteiger partial charge in [-0.25, -0.2) is 13.4 Å². The van der Waals surface area contributed by atoms with E-state index in [4.69, 9.17) is 16.9 Å². The summed E-state index contributed by atoms with van der Waals surface area (Å²) in [5.74, 6) is 0.331. The van der Waals surface area contributed by atoms with Crippen molar-refractivity contribution in [2.24, 2.45) is 7.05 Å². The van der Waals surface area contributed by atoms with Gasteiger partial charge in [0.25, 0.3) is 0 Å². The second-order valence-electron chi connectivity index (χ2n) is 5.68. The van der Waals surface area contributed by atoms with Crippen molar-refractivity contribution in [2.45, 2.75) is 23.8 Å². The van der Waals surface area contributed by atoms with Crippen molar-refractivity contribution in [1.29, 1.82) is 5.26 Å². The molecule has 2 aromatic rings. The molecule has 1 saturated heterocycles. The van der Waals surface area contributed by atoms with Crippen LogP contribution in [0.2, 0.25) is 5.15 Å². The van der Waals surface area contributed by atoms with Gasteiger partial charge in [0, 0.05) is 32.4 Å². The van der Waals surface area contributed by atoms with Crippen molar-refractivity contribution in [3.8, 4) is 6.07 Å². The SMILES string of the molecule is Cn1cc(S(=O)(=O)N2CCC(Nc3ncc(C#N)c(Cl)n3)CC2)cn1. The largest absolute Gasteiger partial charge is 0.351 e. The monoisotopic (exact) mass is 381 g/mol. The highest BCUT2D eigenvalue weighted by Gasteiger charge is 2.30. The lowest BCUT2D eigenvalue weighted by Gasteiger charge is -2.31. The fourth-order valence-corrected chi connectivity index (χ4v) is 4.24. The van der Waals surface area contributed by atoms with Crippen molar-refractivity contribution >= 4 is 27.6 Å². The highest BCUT2D eigenvalue weighted by Crippen LogP contribution is 2.22. The second-order valence-corrected chi connectivity index (χ2v) is 7.98. The summed E-state index contributed by atoms with van der Waals surface area (Å²) in [4.78, 5) is 8.28. The molecular formula is C14H16ClN7O2S. The number of nitriles is 1. The predicted octanol–water partition coefficient (Wildman–Crippen LogP) is 1.00. The summed E-state index contributed by atoms with van der Waals surface area (Å²) >= 11 is 5.89. The third-order valence-electron chi connectivity index (χ3n) is 3.97. The quantitative estimate of drug-likeness (QED) is 0.785. The zero-order chi connectivity index (χ0) is 18.0. The number of anilines is 1. The molecule has 3 rings (SSSR count). The molecule has 0 aliphatic carbocycles. The topological polar surface area (TPSA) is 117 Å². The maximum absolute atomic E-state index is 12.6. The van der Waals surface area contributed by atoms with E-state index in [2.05, 4.69) is 20.4 Å². The van der Waals surface area contributed by atoms with Gasteiger partial charge >= 0.3 is 0 Å². The number of piperidine rings is 1. The van der Waals surface area contributed by atoms with Gasteiger partial charge in [0.05, 0.1) is 12.4 Å². The number of sulfonamides is 1. The van der Waals surface area contributed by atoms with E-state index in [0.29, 0.717) is 31.9 Å². The van der Waals surface area contributed by atoms with Gasteiger partial charge in [-0.05, 0) is 12.8 Å². The molecular weight excluding hydrogens is 366 g/mol. The van der Waals surface area contributed by atoms with Crippen LogP contribution < -0.4 is 5.32 Å². The summed E-state index contributed by atoms with van der Waals surface area (Å²) in [6, 6.07) is 1.93. The molecule has 0 spiro atoms. The first-order valence-corrected chi connectivity index (χ1v) is 9.40. The van der Waals surface area contributed by atoms with Crippen LogP contribution in [0.15, 0.2) is 23.5 Å². The van der Waals surface area contributed by atoms with Crippen molar-refractivity contribution in [3.05, 3.63) is 29.3 Å². The van der Waals surface area contributed by atoms with E-state index in [0.717, 1.165) is 0 Å². The molecule has 0 aromatic carbocycles. The van der Waals surface area contributed by atoms with Crippen LogP contribution >= 0.6 is 11.6 Å². The molecule has 11 heteroatoms. The Morgan fingerprint density at radius 1 is 1.36 bits per heavy atom. The highest BCUT2D eigenvalue weighted by molar-refractivity contribution is 7.89. The Bertz CT molecular complexity index is 914. The number of halogens is 1. The molecule has 1 fully saturated rings. The van der Waals surface area contributed by atoms with E-state index in [-0.39, 0.29) is 21.7 Å². The van der Waals surface area contributed by atoms with Gasteiger partial charge in [0.15, 0.2) is 5.15 Å². The number of hydrogen-bond donors (Lipinski definition) is 1. The van der Waals surface area contributed by atoms with Crippen LogP contribution in [-0.2, 0) is 17.1 Å². The molecule has 132 valence electrons. The summed E-state index contributed by atoms with van der Waals surface area (Å²) < 4.78 is 28.0. The van der Waals surface area contributed by atoms with Gasteiger partial charge in [0.2, 0.25) is 16.0 Å². The summed E-state index contributed by atoms with van der Waals surface area (Å²) in [5, 5.41) is 16.0. The third-order valence-corrected chi connectivity index (χ3v) is 6.11. The minimum absolute atomic E-state index is 0.0318. The van der Waals surface area contributed by atoms with Crippen LogP contribution in [0.4, 0.5) is 5.95 Å². The minimum Gasteiger partial charge on any atom is -0.351 e. The summed E-state index contributed by atoms with van der Waals surface area (Å²) in [6.45, 7) is 0.776. The van der Waals surface area contributed by atoms with Gasteiger partial charge in [-0.1, -0.05) is 11.6 Å². The Morgan fingerprint density at radius 2 is 2.08 bits per heavy atom.